The summed E-state index contributed by atoms with van der Waals surface area (Å²) in [6.45, 7) is 10.3. The van der Waals surface area contributed by atoms with Crippen molar-refractivity contribution < 1.29 is 24.2 Å². The lowest BCUT2D eigenvalue weighted by atomic mass is 9.94. The fourth-order valence-electron chi connectivity index (χ4n) is 4.74. The van der Waals surface area contributed by atoms with E-state index in [0.29, 0.717) is 36.8 Å². The van der Waals surface area contributed by atoms with Crippen molar-refractivity contribution in [2.75, 3.05) is 39.4 Å². The van der Waals surface area contributed by atoms with Crippen LogP contribution >= 0.6 is 0 Å². The van der Waals surface area contributed by atoms with E-state index in [-0.39, 0.29) is 11.3 Å². The Labute approximate surface area is 206 Å². The van der Waals surface area contributed by atoms with Gasteiger partial charge < -0.3 is 24.4 Å². The van der Waals surface area contributed by atoms with Crippen molar-refractivity contribution >= 4 is 17.4 Å². The average Bonchev–Trinajstić information content (AvgIpc) is 3.15. The molecular weight excluding hydrogens is 444 g/mol. The van der Waals surface area contributed by atoms with Gasteiger partial charge in [-0.25, -0.2) is 0 Å². The van der Waals surface area contributed by atoms with Crippen molar-refractivity contribution in [2.24, 2.45) is 0 Å². The predicted octanol–water partition coefficient (Wildman–Crippen LogP) is 4.17. The molecule has 2 aliphatic heterocycles. The number of ketones is 1. The lowest BCUT2D eigenvalue weighted by Gasteiger charge is -2.27. The van der Waals surface area contributed by atoms with Crippen molar-refractivity contribution in [3.63, 3.8) is 0 Å². The van der Waals surface area contributed by atoms with Gasteiger partial charge in [0.25, 0.3) is 11.7 Å². The van der Waals surface area contributed by atoms with Gasteiger partial charge in [-0.3, -0.25) is 9.59 Å². The van der Waals surface area contributed by atoms with Crippen LogP contribution in [0.25, 0.3) is 5.76 Å². The highest BCUT2D eigenvalue weighted by atomic mass is 16.6. The zero-order valence-corrected chi connectivity index (χ0v) is 20.8. The Morgan fingerprint density at radius 2 is 1.69 bits per heavy atom. The summed E-state index contributed by atoms with van der Waals surface area (Å²) in [7, 11) is 0. The first kappa shape index (κ1) is 24.8. The fourth-order valence-corrected chi connectivity index (χ4v) is 4.74. The van der Waals surface area contributed by atoms with Gasteiger partial charge in [0.1, 0.15) is 19.0 Å². The molecule has 4 rings (SSSR count). The molecule has 0 radical (unpaired) electrons. The van der Waals surface area contributed by atoms with Crippen molar-refractivity contribution in [3.05, 3.63) is 64.7 Å². The molecule has 2 aromatic carbocycles. The van der Waals surface area contributed by atoms with E-state index in [2.05, 4.69) is 25.7 Å². The largest absolute Gasteiger partial charge is 0.507 e. The minimum atomic E-state index is -0.662. The predicted molar refractivity (Wildman–Crippen MR) is 135 cm³/mol. The van der Waals surface area contributed by atoms with Crippen LogP contribution in [0.15, 0.2) is 48.0 Å². The first-order chi connectivity index (χ1) is 17.0. The molecule has 0 unspecified atom stereocenters. The Morgan fingerprint density at radius 1 is 1.00 bits per heavy atom. The average molecular weight is 479 g/mol. The molecule has 1 fully saturated rings. The molecule has 7 nitrogen and oxygen atoms in total. The van der Waals surface area contributed by atoms with E-state index >= 15 is 0 Å². The summed E-state index contributed by atoms with van der Waals surface area (Å²) in [4.78, 5) is 30.3. The highest BCUT2D eigenvalue weighted by molar-refractivity contribution is 6.46. The number of hydrogen-bond donors (Lipinski definition) is 1. The van der Waals surface area contributed by atoms with Gasteiger partial charge in [-0.05, 0) is 61.8 Å². The number of rotatable bonds is 9. The van der Waals surface area contributed by atoms with Crippen molar-refractivity contribution in [3.8, 4) is 11.5 Å². The summed E-state index contributed by atoms with van der Waals surface area (Å²) in [5.41, 5.74) is 2.51. The third kappa shape index (κ3) is 5.05. The van der Waals surface area contributed by atoms with Gasteiger partial charge in [-0.2, -0.15) is 0 Å². The molecule has 1 N–H and O–H groups in total. The van der Waals surface area contributed by atoms with E-state index in [1.807, 2.05) is 24.3 Å². The maximum atomic E-state index is 13.3. The number of benzene rings is 2. The second-order valence-electron chi connectivity index (χ2n) is 8.83. The summed E-state index contributed by atoms with van der Waals surface area (Å²) in [5.74, 6) is -0.330. The summed E-state index contributed by atoms with van der Waals surface area (Å²) in [6, 6.07) is 12.3. The molecule has 2 heterocycles. The molecule has 186 valence electrons. The van der Waals surface area contributed by atoms with Gasteiger partial charge in [-0.1, -0.05) is 45.0 Å². The Balaban J connectivity index is 1.73. The Bertz CT molecular complexity index is 1100. The molecule has 35 heavy (non-hydrogen) atoms. The molecule has 0 saturated carbocycles. The number of aliphatic hydroxyl groups excluding tert-OH is 1. The zero-order valence-electron chi connectivity index (χ0n) is 20.8. The molecule has 2 aromatic rings. The van der Waals surface area contributed by atoms with Crippen LogP contribution in [0, 0.1) is 0 Å². The molecule has 1 atom stereocenters. The van der Waals surface area contributed by atoms with Crippen LogP contribution in [0.1, 0.15) is 49.9 Å². The van der Waals surface area contributed by atoms with Crippen LogP contribution < -0.4 is 9.47 Å². The number of carbonyl (C=O) groups excluding carboxylic acids is 2. The molecule has 1 amide bonds. The van der Waals surface area contributed by atoms with Gasteiger partial charge in [0.05, 0.1) is 11.6 Å². The molecule has 0 aliphatic carbocycles. The number of hydrogen-bond acceptors (Lipinski definition) is 6. The number of carbonyl (C=O) groups is 2. The van der Waals surface area contributed by atoms with Gasteiger partial charge in [0, 0.05) is 12.1 Å². The third-order valence-electron chi connectivity index (χ3n) is 6.83. The number of aliphatic hydroxyl groups is 1. The number of nitrogens with zero attached hydrogens (tertiary/aromatic N) is 2. The molecule has 0 bridgehead atoms. The van der Waals surface area contributed by atoms with Crippen LogP contribution in [0.5, 0.6) is 11.5 Å². The normalized spacial score (nSPS) is 19.0. The van der Waals surface area contributed by atoms with Gasteiger partial charge >= 0.3 is 0 Å². The first-order valence-electron chi connectivity index (χ1n) is 12.5. The first-order valence-corrected chi connectivity index (χ1v) is 12.5. The molecular formula is C28H34N2O5. The summed E-state index contributed by atoms with van der Waals surface area (Å²) >= 11 is 0. The van der Waals surface area contributed by atoms with Crippen LogP contribution in [0.3, 0.4) is 0 Å². The van der Waals surface area contributed by atoms with Crippen molar-refractivity contribution in [1.82, 2.24) is 9.80 Å². The molecule has 2 aliphatic rings. The van der Waals surface area contributed by atoms with Crippen LogP contribution in [-0.2, 0) is 16.0 Å². The van der Waals surface area contributed by atoms with Crippen LogP contribution in [-0.4, -0.2) is 66.0 Å². The van der Waals surface area contributed by atoms with Crippen molar-refractivity contribution in [2.45, 2.75) is 39.7 Å². The lowest BCUT2D eigenvalue weighted by Crippen LogP contribution is -2.33. The van der Waals surface area contributed by atoms with E-state index in [9.17, 15) is 14.7 Å². The minimum absolute atomic E-state index is 0.110. The summed E-state index contributed by atoms with van der Waals surface area (Å²) in [6.07, 6.45) is 1.63. The Hall–Kier alpha value is -3.32. The van der Waals surface area contributed by atoms with E-state index in [0.717, 1.165) is 38.0 Å². The lowest BCUT2D eigenvalue weighted by molar-refractivity contribution is -0.140. The van der Waals surface area contributed by atoms with Crippen LogP contribution in [0.2, 0.25) is 0 Å². The number of fused-ring (bicyclic) bond motifs is 1. The van der Waals surface area contributed by atoms with Gasteiger partial charge in [-0.15, -0.1) is 0 Å². The van der Waals surface area contributed by atoms with E-state index in [4.69, 9.17) is 9.47 Å². The van der Waals surface area contributed by atoms with Gasteiger partial charge in [0.2, 0.25) is 0 Å². The molecule has 7 heteroatoms. The molecule has 0 spiro atoms. The topological polar surface area (TPSA) is 79.3 Å². The zero-order chi connectivity index (χ0) is 24.9. The number of likely N-dealkylation sites (tertiary alicyclic amines) is 1. The number of amides is 1. The van der Waals surface area contributed by atoms with Gasteiger partial charge in [0.15, 0.2) is 11.5 Å². The third-order valence-corrected chi connectivity index (χ3v) is 6.83. The number of ether oxygens (including phenoxy) is 2. The quantitative estimate of drug-likeness (QED) is 0.331. The van der Waals surface area contributed by atoms with E-state index in [1.54, 1.807) is 23.1 Å². The molecule has 1 saturated heterocycles. The highest BCUT2D eigenvalue weighted by Crippen LogP contribution is 2.41. The highest BCUT2D eigenvalue weighted by Gasteiger charge is 2.45. The molecule has 0 aromatic heterocycles. The second kappa shape index (κ2) is 11.0. The summed E-state index contributed by atoms with van der Waals surface area (Å²) < 4.78 is 11.2. The smallest absolute Gasteiger partial charge is 0.295 e. The second-order valence-corrected chi connectivity index (χ2v) is 8.83. The fraction of sp³-hybridized carbons (Fsp3) is 0.429. The Kier molecular flexibility index (Phi) is 7.76. The minimum Gasteiger partial charge on any atom is -0.507 e. The Morgan fingerprint density at radius 3 is 2.34 bits per heavy atom. The standard InChI is InChI=1S/C28H34N2O5/c1-4-19-8-10-20(11-9-19)25-24(26(31)21-12-13-22-23(18-21)35-17-16-34-22)27(32)28(33)30(25)15-7-14-29(5-2)6-3/h8-13,18,25,31H,4-7,14-17H2,1-3H3/b26-24+/t25-/m1/s1. The number of aryl methyl sites for hydroxylation is 1. The van der Waals surface area contributed by atoms with Crippen LogP contribution in [0.4, 0.5) is 0 Å². The van der Waals surface area contributed by atoms with Crippen molar-refractivity contribution in [1.29, 1.82) is 0 Å². The SMILES string of the molecule is CCc1ccc([C@@H]2/C(=C(\O)c3ccc4c(c3)OCCO4)C(=O)C(=O)N2CCCN(CC)CC)cc1. The maximum absolute atomic E-state index is 13.3. The van der Waals surface area contributed by atoms with E-state index in [1.165, 1.54) is 5.56 Å². The van der Waals surface area contributed by atoms with E-state index < -0.39 is 17.7 Å². The summed E-state index contributed by atoms with van der Waals surface area (Å²) in [5, 5.41) is 11.3. The maximum Gasteiger partial charge on any atom is 0.295 e. The number of Topliss-reactive ketones (excluding diaryl/α,β-unsaturated/α-hetero) is 1. The monoisotopic (exact) mass is 478 g/mol.